The molecule has 1 aromatic heterocycles. The molecule has 0 amide bonds. The highest BCUT2D eigenvalue weighted by Gasteiger charge is 2.16. The first kappa shape index (κ1) is 18.1. The molecule has 3 rings (SSSR count). The van der Waals surface area contributed by atoms with E-state index in [1.54, 1.807) is 12.3 Å². The highest BCUT2D eigenvalue weighted by molar-refractivity contribution is 7.89. The first-order valence-corrected chi connectivity index (χ1v) is 9.92. The van der Waals surface area contributed by atoms with Gasteiger partial charge >= 0.3 is 0 Å². The Bertz CT molecular complexity index is 906. The molecule has 0 atom stereocenters. The van der Waals surface area contributed by atoms with E-state index in [1.165, 1.54) is 17.2 Å². The summed E-state index contributed by atoms with van der Waals surface area (Å²) >= 11 is 0. The van der Waals surface area contributed by atoms with Crippen molar-refractivity contribution in [1.29, 1.82) is 0 Å². The van der Waals surface area contributed by atoms with E-state index >= 15 is 0 Å². The number of aromatic nitrogens is 1. The summed E-state index contributed by atoms with van der Waals surface area (Å²) in [5.41, 5.74) is 2.43. The first-order valence-electron chi connectivity index (χ1n) is 8.37. The topological polar surface area (TPSA) is 85.1 Å². The summed E-state index contributed by atoms with van der Waals surface area (Å²) in [6.45, 7) is 0.563. The highest BCUT2D eigenvalue weighted by atomic mass is 32.2. The summed E-state index contributed by atoms with van der Waals surface area (Å²) in [5, 5.41) is 8.38. The highest BCUT2D eigenvalue weighted by Crippen LogP contribution is 2.28. The molecule has 0 aliphatic heterocycles. The lowest BCUT2D eigenvalue weighted by Gasteiger charge is -2.19. The van der Waals surface area contributed by atoms with Gasteiger partial charge in [0.25, 0.3) is 0 Å². The minimum atomic E-state index is -3.81. The summed E-state index contributed by atoms with van der Waals surface area (Å²) in [6, 6.07) is 23.5. The van der Waals surface area contributed by atoms with Crippen LogP contribution in [-0.2, 0) is 10.0 Å². The van der Waals surface area contributed by atoms with Gasteiger partial charge in [-0.3, -0.25) is 0 Å². The van der Waals surface area contributed by atoms with Gasteiger partial charge < -0.3 is 5.32 Å². The van der Waals surface area contributed by atoms with Crippen LogP contribution in [0.5, 0.6) is 0 Å². The number of nitrogens with zero attached hydrogens (tertiary/aromatic N) is 1. The van der Waals surface area contributed by atoms with Gasteiger partial charge in [0.05, 0.1) is 0 Å². The van der Waals surface area contributed by atoms with Gasteiger partial charge in [0.1, 0.15) is 10.7 Å². The maximum Gasteiger partial charge on any atom is 0.241 e. The van der Waals surface area contributed by atoms with Crippen LogP contribution >= 0.6 is 0 Å². The Morgan fingerprint density at radius 2 is 1.46 bits per heavy atom. The van der Waals surface area contributed by atoms with Crippen molar-refractivity contribution < 1.29 is 8.42 Å². The van der Waals surface area contributed by atoms with Crippen molar-refractivity contribution in [2.75, 3.05) is 11.9 Å². The summed E-state index contributed by atoms with van der Waals surface area (Å²) < 4.78 is 23.4. The number of nitrogens with one attached hydrogen (secondary N) is 1. The van der Waals surface area contributed by atoms with E-state index in [4.69, 9.17) is 5.14 Å². The summed E-state index contributed by atoms with van der Waals surface area (Å²) in [7, 11) is -3.81. The van der Waals surface area contributed by atoms with Crippen molar-refractivity contribution >= 4 is 15.8 Å². The molecule has 6 heteroatoms. The zero-order chi connectivity index (χ0) is 18.4. The fourth-order valence-corrected chi connectivity index (χ4v) is 3.65. The Kier molecular flexibility index (Phi) is 5.65. The molecular weight excluding hydrogens is 346 g/mol. The van der Waals surface area contributed by atoms with E-state index in [0.717, 1.165) is 6.42 Å². The van der Waals surface area contributed by atoms with Crippen LogP contribution in [0.1, 0.15) is 23.5 Å². The monoisotopic (exact) mass is 367 g/mol. The Hall–Kier alpha value is -2.70. The zero-order valence-electron chi connectivity index (χ0n) is 14.2. The molecule has 0 unspecified atom stereocenters. The number of primary sulfonamides is 1. The molecule has 0 bridgehead atoms. The van der Waals surface area contributed by atoms with Crippen molar-refractivity contribution in [3.63, 3.8) is 0 Å². The fraction of sp³-hybridized carbons (Fsp3) is 0.150. The fourth-order valence-electron chi connectivity index (χ4n) is 2.98. The van der Waals surface area contributed by atoms with Crippen LogP contribution in [0.3, 0.4) is 0 Å². The van der Waals surface area contributed by atoms with Crippen LogP contribution in [-0.4, -0.2) is 19.9 Å². The molecule has 0 saturated heterocycles. The van der Waals surface area contributed by atoms with E-state index in [9.17, 15) is 8.42 Å². The van der Waals surface area contributed by atoms with Gasteiger partial charge in [0, 0.05) is 18.7 Å². The average molecular weight is 367 g/mol. The lowest BCUT2D eigenvalue weighted by atomic mass is 9.88. The minimum absolute atomic E-state index is 0.0102. The van der Waals surface area contributed by atoms with Gasteiger partial charge in [-0.25, -0.2) is 18.5 Å². The molecule has 0 aliphatic carbocycles. The van der Waals surface area contributed by atoms with Gasteiger partial charge in [0.15, 0.2) is 0 Å². The molecule has 26 heavy (non-hydrogen) atoms. The number of hydrogen-bond acceptors (Lipinski definition) is 4. The predicted molar refractivity (Wildman–Crippen MR) is 103 cm³/mol. The van der Waals surface area contributed by atoms with E-state index in [1.807, 2.05) is 36.4 Å². The number of benzene rings is 2. The zero-order valence-corrected chi connectivity index (χ0v) is 15.1. The predicted octanol–water partition coefficient (Wildman–Crippen LogP) is 3.36. The number of rotatable bonds is 7. The second-order valence-corrected chi connectivity index (χ2v) is 7.51. The number of pyridine rings is 1. The van der Waals surface area contributed by atoms with Gasteiger partial charge in [-0.15, -0.1) is 0 Å². The van der Waals surface area contributed by atoms with Crippen LogP contribution in [0, 0.1) is 0 Å². The van der Waals surface area contributed by atoms with Gasteiger partial charge in [-0.05, 0) is 29.7 Å². The summed E-state index contributed by atoms with van der Waals surface area (Å²) in [6.07, 6.45) is 2.33. The maximum atomic E-state index is 11.7. The molecule has 0 aliphatic rings. The van der Waals surface area contributed by atoms with Crippen molar-refractivity contribution in [3.8, 4) is 0 Å². The Morgan fingerprint density at radius 1 is 0.885 bits per heavy atom. The third-order valence-electron chi connectivity index (χ3n) is 4.21. The summed E-state index contributed by atoms with van der Waals surface area (Å²) in [4.78, 5) is 4.13. The molecule has 0 saturated carbocycles. The SMILES string of the molecule is NS(=O)(=O)c1cccnc1NCCC(c1ccccc1)c1ccccc1. The second kappa shape index (κ2) is 8.12. The standard InChI is InChI=1S/C20H21N3O2S/c21-26(24,25)19-12-7-14-22-20(19)23-15-13-18(16-8-3-1-4-9-16)17-10-5-2-6-11-17/h1-12,14,18H,13,15H2,(H,22,23)(H2,21,24,25). The smallest absolute Gasteiger partial charge is 0.241 e. The quantitative estimate of drug-likeness (QED) is 0.670. The van der Waals surface area contributed by atoms with Crippen LogP contribution in [0.15, 0.2) is 83.9 Å². The van der Waals surface area contributed by atoms with Crippen molar-refractivity contribution in [3.05, 3.63) is 90.1 Å². The van der Waals surface area contributed by atoms with Crippen molar-refractivity contribution in [1.82, 2.24) is 4.98 Å². The Morgan fingerprint density at radius 3 is 2.00 bits per heavy atom. The van der Waals surface area contributed by atoms with Crippen LogP contribution in [0.2, 0.25) is 0 Å². The molecule has 134 valence electrons. The third-order valence-corrected chi connectivity index (χ3v) is 5.15. The molecule has 3 aromatic rings. The number of sulfonamides is 1. The first-order chi connectivity index (χ1) is 12.6. The molecule has 0 spiro atoms. The van der Waals surface area contributed by atoms with Crippen LogP contribution in [0.25, 0.3) is 0 Å². The molecule has 3 N–H and O–H groups in total. The van der Waals surface area contributed by atoms with Crippen molar-refractivity contribution in [2.24, 2.45) is 5.14 Å². The molecule has 0 radical (unpaired) electrons. The normalized spacial score (nSPS) is 11.5. The largest absolute Gasteiger partial charge is 0.369 e. The maximum absolute atomic E-state index is 11.7. The lowest BCUT2D eigenvalue weighted by molar-refractivity contribution is 0.597. The second-order valence-electron chi connectivity index (χ2n) is 5.98. The van der Waals surface area contributed by atoms with Crippen LogP contribution in [0.4, 0.5) is 5.82 Å². The van der Waals surface area contributed by atoms with E-state index in [2.05, 4.69) is 34.6 Å². The molecule has 2 aromatic carbocycles. The van der Waals surface area contributed by atoms with E-state index in [-0.39, 0.29) is 16.6 Å². The Balaban J connectivity index is 1.78. The molecule has 1 heterocycles. The van der Waals surface area contributed by atoms with Crippen molar-refractivity contribution in [2.45, 2.75) is 17.2 Å². The molecule has 0 fully saturated rings. The molecule has 5 nitrogen and oxygen atoms in total. The van der Waals surface area contributed by atoms with Gasteiger partial charge in [-0.2, -0.15) is 0 Å². The minimum Gasteiger partial charge on any atom is -0.369 e. The number of anilines is 1. The van der Waals surface area contributed by atoms with Crippen LogP contribution < -0.4 is 10.5 Å². The summed E-state index contributed by atoms with van der Waals surface area (Å²) in [5.74, 6) is 0.487. The third kappa shape index (κ3) is 4.47. The Labute approximate surface area is 154 Å². The van der Waals surface area contributed by atoms with E-state index in [0.29, 0.717) is 6.54 Å². The molecular formula is C20H21N3O2S. The van der Waals surface area contributed by atoms with Gasteiger partial charge in [-0.1, -0.05) is 60.7 Å². The van der Waals surface area contributed by atoms with Gasteiger partial charge in [0.2, 0.25) is 10.0 Å². The average Bonchev–Trinajstić information content (AvgIpc) is 2.66. The number of nitrogens with two attached hydrogens (primary N) is 1. The number of hydrogen-bond donors (Lipinski definition) is 2. The van der Waals surface area contributed by atoms with E-state index < -0.39 is 10.0 Å². The lowest BCUT2D eigenvalue weighted by Crippen LogP contribution is -2.17.